The highest BCUT2D eigenvalue weighted by molar-refractivity contribution is 5.71. The standard InChI is InChI=1S/C17H16N2O5/c1-23-16(20)11-18-10-13-4-2-3-5-15(13)24-17(18)12-6-8-14(9-7-12)19(21)22/h2-9,17H,10-11H2,1H3. The van der Waals surface area contributed by atoms with Gasteiger partial charge < -0.3 is 9.47 Å². The maximum atomic E-state index is 11.7. The summed E-state index contributed by atoms with van der Waals surface area (Å²) in [6.45, 7) is 0.583. The van der Waals surface area contributed by atoms with Gasteiger partial charge in [0.15, 0.2) is 6.23 Å². The lowest BCUT2D eigenvalue weighted by Gasteiger charge is -2.36. The number of nitrogens with zero attached hydrogens (tertiary/aromatic N) is 2. The second-order valence-corrected chi connectivity index (χ2v) is 5.41. The SMILES string of the molecule is COC(=O)CN1Cc2ccccc2OC1c1ccc([N+](=O)[O-])cc1. The smallest absolute Gasteiger partial charge is 0.320 e. The van der Waals surface area contributed by atoms with E-state index in [1.807, 2.05) is 29.2 Å². The molecule has 2 aromatic rings. The first kappa shape index (κ1) is 15.9. The third-order valence-corrected chi connectivity index (χ3v) is 3.87. The van der Waals surface area contributed by atoms with Gasteiger partial charge in [0.2, 0.25) is 0 Å². The number of esters is 1. The molecule has 0 radical (unpaired) electrons. The number of hydrogen-bond acceptors (Lipinski definition) is 6. The Morgan fingerprint density at radius 1 is 1.29 bits per heavy atom. The van der Waals surface area contributed by atoms with Crippen molar-refractivity contribution in [1.82, 2.24) is 4.90 Å². The number of nitro groups is 1. The third-order valence-electron chi connectivity index (χ3n) is 3.87. The van der Waals surface area contributed by atoms with Crippen LogP contribution in [0.15, 0.2) is 48.5 Å². The Kier molecular flexibility index (Phi) is 4.43. The molecule has 0 fully saturated rings. The van der Waals surface area contributed by atoms with Crippen molar-refractivity contribution < 1.29 is 19.2 Å². The Bertz CT molecular complexity index is 760. The largest absolute Gasteiger partial charge is 0.471 e. The summed E-state index contributed by atoms with van der Waals surface area (Å²) in [5.74, 6) is 0.367. The third kappa shape index (κ3) is 3.21. The average molecular weight is 328 g/mol. The molecule has 0 aromatic heterocycles. The van der Waals surface area contributed by atoms with Crippen molar-refractivity contribution in [3.63, 3.8) is 0 Å². The quantitative estimate of drug-likeness (QED) is 0.487. The molecule has 0 aliphatic carbocycles. The summed E-state index contributed by atoms with van der Waals surface area (Å²) >= 11 is 0. The first-order valence-electron chi connectivity index (χ1n) is 7.38. The van der Waals surface area contributed by atoms with E-state index in [1.54, 1.807) is 12.1 Å². The van der Waals surface area contributed by atoms with E-state index in [-0.39, 0.29) is 18.2 Å². The van der Waals surface area contributed by atoms with E-state index in [4.69, 9.17) is 9.47 Å². The fourth-order valence-corrected chi connectivity index (χ4v) is 2.65. The monoisotopic (exact) mass is 328 g/mol. The molecule has 0 amide bonds. The van der Waals surface area contributed by atoms with Crippen molar-refractivity contribution in [2.45, 2.75) is 12.8 Å². The van der Waals surface area contributed by atoms with Crippen LogP contribution < -0.4 is 4.74 Å². The molecular weight excluding hydrogens is 312 g/mol. The summed E-state index contributed by atoms with van der Waals surface area (Å²) in [5.41, 5.74) is 1.72. The van der Waals surface area contributed by atoms with Crippen LogP contribution in [0.2, 0.25) is 0 Å². The molecular formula is C17H16N2O5. The van der Waals surface area contributed by atoms with E-state index in [2.05, 4.69) is 0 Å². The van der Waals surface area contributed by atoms with Crippen LogP contribution in [-0.2, 0) is 16.1 Å². The van der Waals surface area contributed by atoms with Crippen molar-refractivity contribution in [3.8, 4) is 5.75 Å². The van der Waals surface area contributed by atoms with Crippen molar-refractivity contribution >= 4 is 11.7 Å². The number of methoxy groups -OCH3 is 1. The van der Waals surface area contributed by atoms with Crippen LogP contribution in [0.3, 0.4) is 0 Å². The molecule has 3 rings (SSSR count). The molecule has 1 aliphatic heterocycles. The number of ether oxygens (including phenoxy) is 2. The number of carbonyl (C=O) groups excluding carboxylic acids is 1. The Hall–Kier alpha value is -2.93. The highest BCUT2D eigenvalue weighted by Gasteiger charge is 2.30. The highest BCUT2D eigenvalue weighted by atomic mass is 16.6. The number of hydrogen-bond donors (Lipinski definition) is 0. The molecule has 1 heterocycles. The van der Waals surface area contributed by atoms with Crippen LogP contribution in [0.1, 0.15) is 17.4 Å². The fraction of sp³-hybridized carbons (Fsp3) is 0.235. The second-order valence-electron chi connectivity index (χ2n) is 5.41. The highest BCUT2D eigenvalue weighted by Crippen LogP contribution is 2.35. The summed E-state index contributed by atoms with van der Waals surface area (Å²) in [5, 5.41) is 10.8. The maximum absolute atomic E-state index is 11.7. The topological polar surface area (TPSA) is 81.9 Å². The average Bonchev–Trinajstić information content (AvgIpc) is 2.61. The van der Waals surface area contributed by atoms with Gasteiger partial charge in [-0.3, -0.25) is 14.9 Å². The van der Waals surface area contributed by atoms with Gasteiger partial charge in [-0.05, 0) is 18.2 Å². The van der Waals surface area contributed by atoms with Gasteiger partial charge in [0.25, 0.3) is 5.69 Å². The van der Waals surface area contributed by atoms with Gasteiger partial charge in [0.05, 0.1) is 12.0 Å². The van der Waals surface area contributed by atoms with Gasteiger partial charge in [-0.15, -0.1) is 0 Å². The van der Waals surface area contributed by atoms with Crippen molar-refractivity contribution in [1.29, 1.82) is 0 Å². The fourth-order valence-electron chi connectivity index (χ4n) is 2.65. The van der Waals surface area contributed by atoms with E-state index in [1.165, 1.54) is 19.2 Å². The predicted molar refractivity (Wildman–Crippen MR) is 85.3 cm³/mol. The zero-order valence-corrected chi connectivity index (χ0v) is 13.0. The van der Waals surface area contributed by atoms with Crippen LogP contribution in [0.5, 0.6) is 5.75 Å². The Balaban J connectivity index is 1.92. The number of non-ortho nitro benzene ring substituents is 1. The van der Waals surface area contributed by atoms with E-state index >= 15 is 0 Å². The second kappa shape index (κ2) is 6.67. The van der Waals surface area contributed by atoms with Gasteiger partial charge in [0, 0.05) is 29.8 Å². The first-order valence-corrected chi connectivity index (χ1v) is 7.38. The minimum Gasteiger partial charge on any atom is -0.471 e. The van der Waals surface area contributed by atoms with Crippen LogP contribution in [0.25, 0.3) is 0 Å². The van der Waals surface area contributed by atoms with E-state index in [9.17, 15) is 14.9 Å². The zero-order valence-electron chi connectivity index (χ0n) is 13.0. The lowest BCUT2D eigenvalue weighted by molar-refractivity contribution is -0.384. The summed E-state index contributed by atoms with van der Waals surface area (Å²) < 4.78 is 10.8. The molecule has 1 aliphatic rings. The van der Waals surface area contributed by atoms with Crippen molar-refractivity contribution in [2.24, 2.45) is 0 Å². The van der Waals surface area contributed by atoms with Crippen LogP contribution in [0.4, 0.5) is 5.69 Å². The molecule has 0 N–H and O–H groups in total. The Labute approximate surface area is 138 Å². The number of para-hydroxylation sites is 1. The molecule has 124 valence electrons. The van der Waals surface area contributed by atoms with E-state index < -0.39 is 11.2 Å². The van der Waals surface area contributed by atoms with E-state index in [0.717, 1.165) is 16.9 Å². The molecule has 1 unspecified atom stereocenters. The molecule has 1 atom stereocenters. The lowest BCUT2D eigenvalue weighted by Crippen LogP contribution is -2.39. The van der Waals surface area contributed by atoms with Crippen molar-refractivity contribution in [3.05, 3.63) is 69.8 Å². The summed E-state index contributed by atoms with van der Waals surface area (Å²) in [6.07, 6.45) is -0.514. The minimum absolute atomic E-state index is 0.00878. The molecule has 7 heteroatoms. The van der Waals surface area contributed by atoms with Crippen LogP contribution >= 0.6 is 0 Å². The number of fused-ring (bicyclic) bond motifs is 1. The Morgan fingerprint density at radius 2 is 2.00 bits per heavy atom. The number of carbonyl (C=O) groups is 1. The van der Waals surface area contributed by atoms with Gasteiger partial charge in [-0.2, -0.15) is 0 Å². The lowest BCUT2D eigenvalue weighted by atomic mass is 10.1. The summed E-state index contributed by atoms with van der Waals surface area (Å²) in [4.78, 5) is 23.9. The van der Waals surface area contributed by atoms with Gasteiger partial charge in [-0.25, -0.2) is 4.90 Å². The molecule has 0 spiro atoms. The molecule has 24 heavy (non-hydrogen) atoms. The zero-order chi connectivity index (χ0) is 17.1. The predicted octanol–water partition coefficient (Wildman–Crippen LogP) is 2.66. The molecule has 7 nitrogen and oxygen atoms in total. The summed E-state index contributed by atoms with van der Waals surface area (Å²) in [6, 6.07) is 13.7. The number of benzene rings is 2. The first-order chi connectivity index (χ1) is 11.6. The maximum Gasteiger partial charge on any atom is 0.320 e. The molecule has 2 aromatic carbocycles. The summed E-state index contributed by atoms with van der Waals surface area (Å²) in [7, 11) is 1.34. The van der Waals surface area contributed by atoms with Crippen molar-refractivity contribution in [2.75, 3.05) is 13.7 Å². The minimum atomic E-state index is -0.514. The van der Waals surface area contributed by atoms with Gasteiger partial charge in [0.1, 0.15) is 12.3 Å². The van der Waals surface area contributed by atoms with E-state index in [0.29, 0.717) is 6.54 Å². The molecule has 0 bridgehead atoms. The normalized spacial score (nSPS) is 16.8. The Morgan fingerprint density at radius 3 is 2.67 bits per heavy atom. The molecule has 0 saturated carbocycles. The van der Waals surface area contributed by atoms with Gasteiger partial charge in [-0.1, -0.05) is 18.2 Å². The van der Waals surface area contributed by atoms with Gasteiger partial charge >= 0.3 is 5.97 Å². The molecule has 0 saturated heterocycles. The number of nitro benzene ring substituents is 1. The number of rotatable bonds is 4. The van der Waals surface area contributed by atoms with Crippen LogP contribution in [-0.4, -0.2) is 29.4 Å². The van der Waals surface area contributed by atoms with Crippen LogP contribution in [0, 0.1) is 10.1 Å².